The van der Waals surface area contributed by atoms with Crippen molar-refractivity contribution in [2.24, 2.45) is 0 Å². The fourth-order valence-electron chi connectivity index (χ4n) is 2.47. The van der Waals surface area contributed by atoms with E-state index in [9.17, 15) is 4.79 Å². The van der Waals surface area contributed by atoms with E-state index in [1.165, 1.54) is 0 Å². The highest BCUT2D eigenvalue weighted by Gasteiger charge is 2.32. The summed E-state index contributed by atoms with van der Waals surface area (Å²) in [5.41, 5.74) is 1.47. The van der Waals surface area contributed by atoms with Gasteiger partial charge in [0.15, 0.2) is 5.16 Å². The largest absolute Gasteiger partial charge is 0.369 e. The van der Waals surface area contributed by atoms with Gasteiger partial charge in [-0.05, 0) is 19.8 Å². The van der Waals surface area contributed by atoms with E-state index in [1.54, 1.807) is 23.1 Å². The number of aromatic amines is 1. The minimum Gasteiger partial charge on any atom is -0.369 e. The molecule has 0 radical (unpaired) electrons. The number of aromatic nitrogens is 2. The van der Waals surface area contributed by atoms with Gasteiger partial charge in [-0.1, -0.05) is 25.6 Å². The minimum absolute atomic E-state index is 0.109. The number of nitrogens with zero attached hydrogens (tertiary/aromatic N) is 1. The average Bonchev–Trinajstić information content (AvgIpc) is 2.89. The lowest BCUT2D eigenvalue weighted by Gasteiger charge is -2.33. The molecule has 4 nitrogen and oxygen atoms in total. The molecule has 0 aromatic carbocycles. The quantitative estimate of drug-likeness (QED) is 0.871. The van der Waals surface area contributed by atoms with Crippen LogP contribution in [0, 0.1) is 0 Å². The van der Waals surface area contributed by atoms with E-state index in [0.717, 1.165) is 39.0 Å². The van der Waals surface area contributed by atoms with Crippen molar-refractivity contribution < 1.29 is 4.74 Å². The Hall–Kier alpha value is -0.850. The molecule has 1 atom stereocenters. The number of hydrogen-bond donors (Lipinski definition) is 1. The Morgan fingerprint density at radius 3 is 3.00 bits per heavy atom. The van der Waals surface area contributed by atoms with Crippen LogP contribution >= 0.6 is 23.1 Å². The number of fused-ring (bicyclic) bond motifs is 2. The number of thioether (sulfide) groups is 1. The standard InChI is InChI=1S/C15H20N2O2S2/c1-4-6-20-14-16-11-12(18)9-7-15(3,5-2)19-8-10(9)21-13(11)17-14/h4-8H2,1-3H3,(H,16,17). The first-order valence-corrected chi connectivity index (χ1v) is 9.18. The Kier molecular flexibility index (Phi) is 4.12. The van der Waals surface area contributed by atoms with Crippen LogP contribution in [0.15, 0.2) is 9.95 Å². The SMILES string of the molecule is CCCSc1nc2sc3c(c(=O)c2[nH]1)CC(C)(CC)OC3. The summed E-state index contributed by atoms with van der Waals surface area (Å²) in [4.78, 5) is 22.3. The monoisotopic (exact) mass is 324 g/mol. The minimum atomic E-state index is -0.216. The van der Waals surface area contributed by atoms with Crippen LogP contribution in [0.4, 0.5) is 0 Å². The van der Waals surface area contributed by atoms with Gasteiger partial charge in [-0.15, -0.1) is 11.3 Å². The molecule has 0 bridgehead atoms. The Labute approximate surface area is 132 Å². The third kappa shape index (κ3) is 2.76. The highest BCUT2D eigenvalue weighted by molar-refractivity contribution is 7.99. The summed E-state index contributed by atoms with van der Waals surface area (Å²) in [6.45, 7) is 6.85. The van der Waals surface area contributed by atoms with E-state index < -0.39 is 0 Å². The smallest absolute Gasteiger partial charge is 0.209 e. The molecule has 6 heteroatoms. The molecule has 1 unspecified atom stereocenters. The van der Waals surface area contributed by atoms with Crippen LogP contribution in [0.5, 0.6) is 0 Å². The first kappa shape index (κ1) is 15.1. The normalized spacial score (nSPS) is 21.7. The summed E-state index contributed by atoms with van der Waals surface area (Å²) in [7, 11) is 0. The fourth-order valence-corrected chi connectivity index (χ4v) is 4.28. The van der Waals surface area contributed by atoms with Gasteiger partial charge in [-0.25, -0.2) is 4.98 Å². The predicted octanol–water partition coefficient (Wildman–Crippen LogP) is 3.73. The van der Waals surface area contributed by atoms with Crippen molar-refractivity contribution in [2.45, 2.75) is 57.4 Å². The Balaban J connectivity index is 2.05. The lowest BCUT2D eigenvalue weighted by Crippen LogP contribution is -2.37. The average molecular weight is 324 g/mol. The van der Waals surface area contributed by atoms with Gasteiger partial charge in [0.05, 0.1) is 12.2 Å². The van der Waals surface area contributed by atoms with Crippen LogP contribution in [0.3, 0.4) is 0 Å². The van der Waals surface area contributed by atoms with Crippen molar-refractivity contribution in [1.29, 1.82) is 0 Å². The second-order valence-corrected chi connectivity index (χ2v) is 7.84. The van der Waals surface area contributed by atoms with Crippen molar-refractivity contribution in [3.8, 4) is 0 Å². The molecule has 2 aromatic rings. The van der Waals surface area contributed by atoms with E-state index in [1.807, 2.05) is 0 Å². The lowest BCUT2D eigenvalue weighted by atomic mass is 9.91. The maximum atomic E-state index is 12.7. The third-order valence-corrected chi connectivity index (χ3v) is 6.18. The summed E-state index contributed by atoms with van der Waals surface area (Å²) in [6, 6.07) is 0. The number of H-pyrrole nitrogens is 1. The van der Waals surface area contributed by atoms with Gasteiger partial charge >= 0.3 is 0 Å². The molecule has 21 heavy (non-hydrogen) atoms. The molecule has 0 saturated carbocycles. The molecule has 0 aliphatic carbocycles. The number of hydrogen-bond acceptors (Lipinski definition) is 5. The third-order valence-electron chi connectivity index (χ3n) is 4.00. The molecule has 0 fully saturated rings. The summed E-state index contributed by atoms with van der Waals surface area (Å²) in [5, 5.41) is 0.849. The molecule has 0 amide bonds. The molecule has 1 N–H and O–H groups in total. The van der Waals surface area contributed by atoms with Gasteiger partial charge in [0.2, 0.25) is 5.43 Å². The van der Waals surface area contributed by atoms with Gasteiger partial charge in [-0.3, -0.25) is 4.79 Å². The highest BCUT2D eigenvalue weighted by atomic mass is 32.2. The molecule has 114 valence electrons. The Morgan fingerprint density at radius 2 is 2.29 bits per heavy atom. The molecule has 0 saturated heterocycles. The molecule has 3 heterocycles. The first-order chi connectivity index (χ1) is 10.1. The van der Waals surface area contributed by atoms with Gasteiger partial charge in [-0.2, -0.15) is 0 Å². The Morgan fingerprint density at radius 1 is 1.48 bits per heavy atom. The first-order valence-electron chi connectivity index (χ1n) is 7.37. The number of imidazole rings is 1. The van der Waals surface area contributed by atoms with Crippen molar-refractivity contribution in [3.63, 3.8) is 0 Å². The van der Waals surface area contributed by atoms with Crippen LogP contribution in [0.25, 0.3) is 10.3 Å². The van der Waals surface area contributed by atoms with Crippen molar-refractivity contribution in [1.82, 2.24) is 9.97 Å². The van der Waals surface area contributed by atoms with E-state index in [4.69, 9.17) is 4.74 Å². The highest BCUT2D eigenvalue weighted by Crippen LogP contribution is 2.33. The van der Waals surface area contributed by atoms with Gasteiger partial charge < -0.3 is 9.72 Å². The van der Waals surface area contributed by atoms with E-state index in [-0.39, 0.29) is 11.0 Å². The van der Waals surface area contributed by atoms with Crippen molar-refractivity contribution in [2.75, 3.05) is 5.75 Å². The number of rotatable bonds is 4. The Bertz CT molecular complexity index is 722. The topological polar surface area (TPSA) is 55.0 Å². The van der Waals surface area contributed by atoms with Gasteiger partial charge in [0.25, 0.3) is 0 Å². The van der Waals surface area contributed by atoms with Crippen LogP contribution in [-0.4, -0.2) is 21.3 Å². The van der Waals surface area contributed by atoms with Crippen LogP contribution in [0.2, 0.25) is 0 Å². The molecule has 1 aliphatic heterocycles. The maximum absolute atomic E-state index is 12.7. The van der Waals surface area contributed by atoms with Crippen molar-refractivity contribution >= 4 is 33.4 Å². The summed E-state index contributed by atoms with van der Waals surface area (Å²) < 4.78 is 5.95. The second-order valence-electron chi connectivity index (χ2n) is 5.67. The van der Waals surface area contributed by atoms with Gasteiger partial charge in [0, 0.05) is 22.6 Å². The fraction of sp³-hybridized carbons (Fsp3) is 0.600. The van der Waals surface area contributed by atoms with E-state index in [2.05, 4.69) is 30.7 Å². The maximum Gasteiger partial charge on any atom is 0.209 e. The van der Waals surface area contributed by atoms with Crippen LogP contribution in [0.1, 0.15) is 44.1 Å². The molecular weight excluding hydrogens is 304 g/mol. The molecule has 3 rings (SSSR count). The zero-order valence-electron chi connectivity index (χ0n) is 12.6. The molecule has 1 aliphatic rings. The zero-order chi connectivity index (χ0) is 15.0. The number of nitrogens with one attached hydrogen (secondary N) is 1. The lowest BCUT2D eigenvalue weighted by molar-refractivity contribution is -0.0550. The van der Waals surface area contributed by atoms with Crippen LogP contribution < -0.4 is 5.43 Å². The summed E-state index contributed by atoms with van der Waals surface area (Å²) in [6.07, 6.45) is 2.70. The zero-order valence-corrected chi connectivity index (χ0v) is 14.2. The van der Waals surface area contributed by atoms with E-state index in [0.29, 0.717) is 18.5 Å². The van der Waals surface area contributed by atoms with Gasteiger partial charge in [0.1, 0.15) is 10.3 Å². The molecular formula is C15H20N2O2S2. The second kappa shape index (κ2) is 5.74. The predicted molar refractivity (Wildman–Crippen MR) is 88.4 cm³/mol. The van der Waals surface area contributed by atoms with E-state index >= 15 is 0 Å². The summed E-state index contributed by atoms with van der Waals surface area (Å²) in [5.74, 6) is 1.01. The number of ether oxygens (including phenoxy) is 1. The van der Waals surface area contributed by atoms with Crippen molar-refractivity contribution in [3.05, 3.63) is 20.7 Å². The van der Waals surface area contributed by atoms with Crippen LogP contribution in [-0.2, 0) is 17.8 Å². The molecule has 2 aromatic heterocycles. The molecule has 0 spiro atoms. The summed E-state index contributed by atoms with van der Waals surface area (Å²) >= 11 is 3.26.